The lowest BCUT2D eigenvalue weighted by Gasteiger charge is -2.17. The van der Waals surface area contributed by atoms with Crippen LogP contribution in [-0.4, -0.2) is 38.1 Å². The molecule has 1 aromatic rings. The molecule has 2 atom stereocenters. The molecule has 2 N–H and O–H groups in total. The summed E-state index contributed by atoms with van der Waals surface area (Å²) in [5.41, 5.74) is 1.17. The zero-order chi connectivity index (χ0) is 14.1. The molecular weight excluding hydrogens is 242 g/mol. The van der Waals surface area contributed by atoms with Gasteiger partial charge in [-0.25, -0.2) is 0 Å². The number of aliphatic hydroxyl groups is 1. The molecule has 1 aromatic carbocycles. The number of hydrogen-bond acceptors (Lipinski definition) is 4. The second-order valence-electron chi connectivity index (χ2n) is 4.66. The zero-order valence-electron chi connectivity index (χ0n) is 12.1. The molecule has 0 saturated heterocycles. The van der Waals surface area contributed by atoms with Crippen LogP contribution in [0.25, 0.3) is 0 Å². The summed E-state index contributed by atoms with van der Waals surface area (Å²) in [6, 6.07) is 8.24. The molecule has 0 heterocycles. The van der Waals surface area contributed by atoms with Crippen LogP contribution in [0.15, 0.2) is 24.3 Å². The van der Waals surface area contributed by atoms with Gasteiger partial charge in [-0.05, 0) is 31.0 Å². The maximum absolute atomic E-state index is 9.58. The molecule has 1 rings (SSSR count). The lowest BCUT2D eigenvalue weighted by molar-refractivity contribution is 0.0630. The molecule has 0 spiro atoms. The number of hydrogen-bond donors (Lipinski definition) is 2. The van der Waals surface area contributed by atoms with Gasteiger partial charge in [-0.2, -0.15) is 0 Å². The monoisotopic (exact) mass is 267 g/mol. The highest BCUT2D eigenvalue weighted by molar-refractivity contribution is 5.28. The predicted octanol–water partition coefficient (Wildman–Crippen LogP) is 2.13. The van der Waals surface area contributed by atoms with Crippen LogP contribution >= 0.6 is 0 Å². The number of nitrogens with one attached hydrogen (secondary N) is 1. The Kier molecular flexibility index (Phi) is 7.48. The maximum atomic E-state index is 9.58. The normalized spacial score (nSPS) is 14.1. The molecule has 0 saturated carbocycles. The first-order chi connectivity index (χ1) is 9.17. The van der Waals surface area contributed by atoms with Crippen molar-refractivity contribution in [2.45, 2.75) is 32.4 Å². The number of ether oxygens (including phenoxy) is 2. The van der Waals surface area contributed by atoms with Crippen LogP contribution in [-0.2, 0) is 4.74 Å². The Morgan fingerprint density at radius 2 is 1.95 bits per heavy atom. The highest BCUT2D eigenvalue weighted by atomic mass is 16.5. The van der Waals surface area contributed by atoms with Crippen molar-refractivity contribution in [2.24, 2.45) is 0 Å². The fourth-order valence-corrected chi connectivity index (χ4v) is 1.75. The van der Waals surface area contributed by atoms with E-state index in [2.05, 4.69) is 19.2 Å². The third-order valence-corrected chi connectivity index (χ3v) is 2.87. The number of benzene rings is 1. The molecule has 108 valence electrons. The topological polar surface area (TPSA) is 50.7 Å². The second-order valence-corrected chi connectivity index (χ2v) is 4.66. The summed E-state index contributed by atoms with van der Waals surface area (Å²) in [6.07, 6.45) is 0.538. The van der Waals surface area contributed by atoms with E-state index >= 15 is 0 Å². The molecule has 0 aliphatic carbocycles. The van der Waals surface area contributed by atoms with Gasteiger partial charge in [-0.1, -0.05) is 19.1 Å². The van der Waals surface area contributed by atoms with E-state index in [-0.39, 0.29) is 6.04 Å². The Morgan fingerprint density at radius 3 is 2.53 bits per heavy atom. The van der Waals surface area contributed by atoms with Crippen LogP contribution in [0, 0.1) is 0 Å². The lowest BCUT2D eigenvalue weighted by Crippen LogP contribution is -2.31. The summed E-state index contributed by atoms with van der Waals surface area (Å²) < 4.78 is 10.4. The van der Waals surface area contributed by atoms with Crippen LogP contribution in [0.3, 0.4) is 0 Å². The Morgan fingerprint density at radius 1 is 1.26 bits per heavy atom. The SMILES string of the molecule is CCCOc1ccc(C(C)NCC(O)COC)cc1. The van der Waals surface area contributed by atoms with Gasteiger partial charge in [0.05, 0.1) is 19.3 Å². The fourth-order valence-electron chi connectivity index (χ4n) is 1.75. The van der Waals surface area contributed by atoms with Gasteiger partial charge in [0.1, 0.15) is 5.75 Å². The van der Waals surface area contributed by atoms with Crippen LogP contribution in [0.1, 0.15) is 31.9 Å². The molecule has 0 fully saturated rings. The average Bonchev–Trinajstić information content (AvgIpc) is 2.43. The molecule has 19 heavy (non-hydrogen) atoms. The molecule has 2 unspecified atom stereocenters. The molecule has 0 aliphatic rings. The minimum atomic E-state index is -0.473. The summed E-state index contributed by atoms with van der Waals surface area (Å²) in [5, 5.41) is 12.9. The zero-order valence-corrected chi connectivity index (χ0v) is 12.1. The van der Waals surface area contributed by atoms with Gasteiger partial charge >= 0.3 is 0 Å². The molecular formula is C15H25NO3. The van der Waals surface area contributed by atoms with E-state index < -0.39 is 6.10 Å². The van der Waals surface area contributed by atoms with Crippen LogP contribution in [0.2, 0.25) is 0 Å². The van der Waals surface area contributed by atoms with Crippen molar-refractivity contribution in [3.8, 4) is 5.75 Å². The third-order valence-electron chi connectivity index (χ3n) is 2.87. The number of rotatable bonds is 9. The van der Waals surface area contributed by atoms with Gasteiger partial charge in [0, 0.05) is 19.7 Å². The van der Waals surface area contributed by atoms with Gasteiger partial charge in [-0.15, -0.1) is 0 Å². The lowest BCUT2D eigenvalue weighted by atomic mass is 10.1. The van der Waals surface area contributed by atoms with E-state index in [1.165, 1.54) is 5.56 Å². The van der Waals surface area contributed by atoms with Gasteiger partial charge in [0.25, 0.3) is 0 Å². The largest absolute Gasteiger partial charge is 0.494 e. The molecule has 0 aliphatic heterocycles. The Labute approximate surface area is 115 Å². The van der Waals surface area contributed by atoms with Gasteiger partial charge in [-0.3, -0.25) is 0 Å². The van der Waals surface area contributed by atoms with Crippen LogP contribution < -0.4 is 10.1 Å². The highest BCUT2D eigenvalue weighted by Crippen LogP contribution is 2.17. The van der Waals surface area contributed by atoms with Crippen molar-refractivity contribution in [1.82, 2.24) is 5.32 Å². The third kappa shape index (κ3) is 6.05. The molecule has 4 nitrogen and oxygen atoms in total. The summed E-state index contributed by atoms with van der Waals surface area (Å²) in [7, 11) is 1.58. The van der Waals surface area contributed by atoms with Crippen molar-refractivity contribution in [3.05, 3.63) is 29.8 Å². The van der Waals surface area contributed by atoms with E-state index in [9.17, 15) is 5.11 Å². The first kappa shape index (κ1) is 16.0. The maximum Gasteiger partial charge on any atom is 0.119 e. The average molecular weight is 267 g/mol. The van der Waals surface area contributed by atoms with Crippen molar-refractivity contribution in [2.75, 3.05) is 26.9 Å². The predicted molar refractivity (Wildman–Crippen MR) is 76.5 cm³/mol. The first-order valence-electron chi connectivity index (χ1n) is 6.80. The summed E-state index contributed by atoms with van der Waals surface area (Å²) in [4.78, 5) is 0. The minimum Gasteiger partial charge on any atom is -0.494 e. The minimum absolute atomic E-state index is 0.187. The van der Waals surface area contributed by atoms with E-state index in [4.69, 9.17) is 9.47 Å². The van der Waals surface area contributed by atoms with Gasteiger partial charge < -0.3 is 19.9 Å². The van der Waals surface area contributed by atoms with E-state index in [1.54, 1.807) is 7.11 Å². The number of aliphatic hydroxyl groups excluding tert-OH is 1. The van der Waals surface area contributed by atoms with Crippen LogP contribution in [0.5, 0.6) is 5.75 Å². The van der Waals surface area contributed by atoms with Crippen molar-refractivity contribution >= 4 is 0 Å². The molecule has 0 aromatic heterocycles. The standard InChI is InChI=1S/C15H25NO3/c1-4-9-19-15-7-5-13(6-8-15)12(2)16-10-14(17)11-18-3/h5-8,12,14,16-17H,4,9-11H2,1-3H3. The summed E-state index contributed by atoms with van der Waals surface area (Å²) in [5.74, 6) is 0.900. The molecule has 0 radical (unpaired) electrons. The Bertz CT molecular complexity index is 340. The van der Waals surface area contributed by atoms with E-state index in [1.807, 2.05) is 24.3 Å². The van der Waals surface area contributed by atoms with Crippen LogP contribution in [0.4, 0.5) is 0 Å². The smallest absolute Gasteiger partial charge is 0.119 e. The molecule has 0 bridgehead atoms. The van der Waals surface area contributed by atoms with E-state index in [0.29, 0.717) is 13.2 Å². The Hall–Kier alpha value is -1.10. The second kappa shape index (κ2) is 8.91. The number of methoxy groups -OCH3 is 1. The van der Waals surface area contributed by atoms with E-state index in [0.717, 1.165) is 18.8 Å². The fraction of sp³-hybridized carbons (Fsp3) is 0.600. The summed E-state index contributed by atoms with van der Waals surface area (Å²) in [6.45, 7) is 5.77. The summed E-state index contributed by atoms with van der Waals surface area (Å²) >= 11 is 0. The quantitative estimate of drug-likeness (QED) is 0.719. The molecule has 4 heteroatoms. The molecule has 0 amide bonds. The van der Waals surface area contributed by atoms with Crippen molar-refractivity contribution in [1.29, 1.82) is 0 Å². The van der Waals surface area contributed by atoms with Gasteiger partial charge in [0.15, 0.2) is 0 Å². The van der Waals surface area contributed by atoms with Crippen molar-refractivity contribution in [3.63, 3.8) is 0 Å². The Balaban J connectivity index is 2.41. The highest BCUT2D eigenvalue weighted by Gasteiger charge is 2.08. The van der Waals surface area contributed by atoms with Crippen molar-refractivity contribution < 1.29 is 14.6 Å². The first-order valence-corrected chi connectivity index (χ1v) is 6.80. The van der Waals surface area contributed by atoms with Gasteiger partial charge in [0.2, 0.25) is 0 Å².